The van der Waals surface area contributed by atoms with Gasteiger partial charge in [0.05, 0.1) is 12.8 Å². The number of nitrogens with zero attached hydrogens (tertiary/aromatic N) is 3. The molecular weight excluding hydrogens is 280 g/mol. The number of amides is 1. The van der Waals surface area contributed by atoms with E-state index in [9.17, 15) is 4.79 Å². The Labute approximate surface area is 127 Å². The van der Waals surface area contributed by atoms with Crippen molar-refractivity contribution in [2.45, 2.75) is 13.8 Å². The maximum absolute atomic E-state index is 12.3. The Morgan fingerprint density at radius 3 is 2.59 bits per heavy atom. The number of carbonyl (C=O) groups is 1. The standard InChI is InChI=1S/C16H16N4O2/c1-10-8-15-18-14(9-11(2)20(15)19-10)16(21)17-12-4-6-13(22-3)7-5-12/h4-9H,1-3H3,(H,17,21). The van der Waals surface area contributed by atoms with Crippen molar-refractivity contribution in [2.24, 2.45) is 0 Å². The summed E-state index contributed by atoms with van der Waals surface area (Å²) in [7, 11) is 1.60. The Balaban J connectivity index is 1.87. The molecule has 3 aromatic rings. The number of methoxy groups -OCH3 is 1. The molecule has 6 heteroatoms. The molecular formula is C16H16N4O2. The second-order valence-electron chi connectivity index (χ2n) is 5.02. The van der Waals surface area contributed by atoms with Crippen molar-refractivity contribution >= 4 is 17.2 Å². The third-order valence-corrected chi connectivity index (χ3v) is 3.31. The highest BCUT2D eigenvalue weighted by Gasteiger charge is 2.12. The van der Waals surface area contributed by atoms with Crippen molar-refractivity contribution in [2.75, 3.05) is 12.4 Å². The Kier molecular flexibility index (Phi) is 3.50. The number of anilines is 1. The zero-order valence-electron chi connectivity index (χ0n) is 12.6. The van der Waals surface area contributed by atoms with Gasteiger partial charge in [0, 0.05) is 17.4 Å². The molecule has 1 N–H and O–H groups in total. The highest BCUT2D eigenvalue weighted by atomic mass is 16.5. The fourth-order valence-corrected chi connectivity index (χ4v) is 2.23. The first-order valence-corrected chi connectivity index (χ1v) is 6.86. The van der Waals surface area contributed by atoms with Crippen molar-refractivity contribution in [1.82, 2.24) is 14.6 Å². The first-order chi connectivity index (χ1) is 10.6. The molecule has 6 nitrogen and oxygen atoms in total. The Bertz CT molecular complexity index is 837. The average Bonchev–Trinajstić information content (AvgIpc) is 2.89. The number of carbonyl (C=O) groups excluding carboxylic acids is 1. The minimum atomic E-state index is -0.255. The van der Waals surface area contributed by atoms with Crippen LogP contribution in [0.4, 0.5) is 5.69 Å². The van der Waals surface area contributed by atoms with Gasteiger partial charge in [-0.3, -0.25) is 4.79 Å². The Hall–Kier alpha value is -2.89. The van der Waals surface area contributed by atoms with E-state index in [1.54, 1.807) is 42.0 Å². The first-order valence-electron chi connectivity index (χ1n) is 6.86. The molecule has 0 saturated heterocycles. The van der Waals surface area contributed by atoms with Crippen molar-refractivity contribution in [3.8, 4) is 5.75 Å². The van der Waals surface area contributed by atoms with E-state index in [-0.39, 0.29) is 5.91 Å². The van der Waals surface area contributed by atoms with Gasteiger partial charge in [-0.2, -0.15) is 5.10 Å². The third kappa shape index (κ3) is 2.63. The molecule has 0 saturated carbocycles. The van der Waals surface area contributed by atoms with E-state index >= 15 is 0 Å². The van der Waals surface area contributed by atoms with E-state index in [1.165, 1.54) is 0 Å². The second kappa shape index (κ2) is 5.48. The van der Waals surface area contributed by atoms with Crippen molar-refractivity contribution < 1.29 is 9.53 Å². The fraction of sp³-hybridized carbons (Fsp3) is 0.188. The van der Waals surface area contributed by atoms with Gasteiger partial charge >= 0.3 is 0 Å². The third-order valence-electron chi connectivity index (χ3n) is 3.31. The summed E-state index contributed by atoms with van der Waals surface area (Å²) in [6.07, 6.45) is 0. The van der Waals surface area contributed by atoms with Crippen LogP contribution in [0.2, 0.25) is 0 Å². The predicted molar refractivity (Wildman–Crippen MR) is 83.4 cm³/mol. The van der Waals surface area contributed by atoms with Gasteiger partial charge in [0.25, 0.3) is 5.91 Å². The molecule has 2 aromatic heterocycles. The van der Waals surface area contributed by atoms with E-state index in [4.69, 9.17) is 4.74 Å². The molecule has 22 heavy (non-hydrogen) atoms. The van der Waals surface area contributed by atoms with Crippen molar-refractivity contribution in [3.05, 3.63) is 53.5 Å². The van der Waals surface area contributed by atoms with Crippen LogP contribution in [0.25, 0.3) is 5.65 Å². The van der Waals surface area contributed by atoms with E-state index in [0.29, 0.717) is 17.0 Å². The highest BCUT2D eigenvalue weighted by molar-refractivity contribution is 6.03. The average molecular weight is 296 g/mol. The normalized spacial score (nSPS) is 10.7. The van der Waals surface area contributed by atoms with Gasteiger partial charge in [-0.05, 0) is 44.2 Å². The molecule has 0 aliphatic heterocycles. The van der Waals surface area contributed by atoms with Crippen LogP contribution < -0.4 is 10.1 Å². The van der Waals surface area contributed by atoms with Crippen LogP contribution >= 0.6 is 0 Å². The monoisotopic (exact) mass is 296 g/mol. The Morgan fingerprint density at radius 1 is 1.18 bits per heavy atom. The van der Waals surface area contributed by atoms with Gasteiger partial charge in [0.15, 0.2) is 5.65 Å². The molecule has 112 valence electrons. The number of rotatable bonds is 3. The summed E-state index contributed by atoms with van der Waals surface area (Å²) in [4.78, 5) is 16.7. The van der Waals surface area contributed by atoms with Gasteiger partial charge < -0.3 is 10.1 Å². The van der Waals surface area contributed by atoms with Crippen LogP contribution in [-0.4, -0.2) is 27.6 Å². The van der Waals surface area contributed by atoms with E-state index in [2.05, 4.69) is 15.4 Å². The molecule has 3 rings (SSSR count). The molecule has 0 unspecified atom stereocenters. The lowest BCUT2D eigenvalue weighted by Crippen LogP contribution is -2.15. The summed E-state index contributed by atoms with van der Waals surface area (Å²) in [6.45, 7) is 3.79. The summed E-state index contributed by atoms with van der Waals surface area (Å²) in [5.74, 6) is 0.484. The molecule has 0 fully saturated rings. The Morgan fingerprint density at radius 2 is 1.91 bits per heavy atom. The fourth-order valence-electron chi connectivity index (χ4n) is 2.23. The molecule has 2 heterocycles. The molecule has 0 radical (unpaired) electrons. The van der Waals surface area contributed by atoms with Gasteiger partial charge in [0.2, 0.25) is 0 Å². The summed E-state index contributed by atoms with van der Waals surface area (Å²) in [5.41, 5.74) is 3.44. The molecule has 1 amide bonds. The van der Waals surface area contributed by atoms with Crippen LogP contribution in [0.5, 0.6) is 5.75 Å². The minimum absolute atomic E-state index is 0.255. The first kappa shape index (κ1) is 14.1. The van der Waals surface area contributed by atoms with Gasteiger partial charge in [-0.1, -0.05) is 0 Å². The number of fused-ring (bicyclic) bond motifs is 1. The number of hydrogen-bond donors (Lipinski definition) is 1. The van der Waals surface area contributed by atoms with Crippen LogP contribution in [0, 0.1) is 13.8 Å². The lowest BCUT2D eigenvalue weighted by Gasteiger charge is -2.07. The summed E-state index contributed by atoms with van der Waals surface area (Å²) < 4.78 is 6.81. The van der Waals surface area contributed by atoms with E-state index in [1.807, 2.05) is 19.9 Å². The number of aryl methyl sites for hydroxylation is 2. The molecule has 0 spiro atoms. The zero-order valence-corrected chi connectivity index (χ0v) is 12.6. The number of benzene rings is 1. The number of aromatic nitrogens is 3. The van der Waals surface area contributed by atoms with Crippen molar-refractivity contribution in [3.63, 3.8) is 0 Å². The molecule has 0 aliphatic rings. The quantitative estimate of drug-likeness (QED) is 0.806. The van der Waals surface area contributed by atoms with Crippen LogP contribution in [-0.2, 0) is 0 Å². The lowest BCUT2D eigenvalue weighted by molar-refractivity contribution is 0.102. The summed E-state index contributed by atoms with van der Waals surface area (Å²) in [5, 5.41) is 7.15. The smallest absolute Gasteiger partial charge is 0.274 e. The largest absolute Gasteiger partial charge is 0.497 e. The van der Waals surface area contributed by atoms with Crippen molar-refractivity contribution in [1.29, 1.82) is 0 Å². The summed E-state index contributed by atoms with van der Waals surface area (Å²) >= 11 is 0. The number of ether oxygens (including phenoxy) is 1. The van der Waals surface area contributed by atoms with Crippen LogP contribution in [0.3, 0.4) is 0 Å². The zero-order chi connectivity index (χ0) is 15.7. The molecule has 0 aliphatic carbocycles. The number of nitrogens with one attached hydrogen (secondary N) is 1. The van der Waals surface area contributed by atoms with Crippen LogP contribution in [0.15, 0.2) is 36.4 Å². The molecule has 1 aromatic carbocycles. The lowest BCUT2D eigenvalue weighted by atomic mass is 10.2. The topological polar surface area (TPSA) is 68.5 Å². The van der Waals surface area contributed by atoms with Crippen LogP contribution in [0.1, 0.15) is 21.9 Å². The molecule has 0 atom stereocenters. The maximum atomic E-state index is 12.3. The van der Waals surface area contributed by atoms with Gasteiger partial charge in [-0.15, -0.1) is 0 Å². The van der Waals surface area contributed by atoms with E-state index in [0.717, 1.165) is 17.1 Å². The predicted octanol–water partition coefficient (Wildman–Crippen LogP) is 2.61. The van der Waals surface area contributed by atoms with Gasteiger partial charge in [-0.25, -0.2) is 9.50 Å². The SMILES string of the molecule is COc1ccc(NC(=O)c2cc(C)n3nc(C)cc3n2)cc1. The van der Waals surface area contributed by atoms with Gasteiger partial charge in [0.1, 0.15) is 11.4 Å². The van der Waals surface area contributed by atoms with E-state index < -0.39 is 0 Å². The minimum Gasteiger partial charge on any atom is -0.497 e. The highest BCUT2D eigenvalue weighted by Crippen LogP contribution is 2.16. The maximum Gasteiger partial charge on any atom is 0.274 e. The second-order valence-corrected chi connectivity index (χ2v) is 5.02. The number of hydrogen-bond acceptors (Lipinski definition) is 4. The summed E-state index contributed by atoms with van der Waals surface area (Å²) in [6, 6.07) is 10.7. The molecule has 0 bridgehead atoms.